The zero-order chi connectivity index (χ0) is 18.2. The number of nitrogens with zero attached hydrogens (tertiary/aromatic N) is 1. The minimum absolute atomic E-state index is 0.319. The predicted molar refractivity (Wildman–Crippen MR) is 105 cm³/mol. The summed E-state index contributed by atoms with van der Waals surface area (Å²) in [6.45, 7) is 3.46. The highest BCUT2D eigenvalue weighted by atomic mass is 35.5. The lowest BCUT2D eigenvalue weighted by Crippen LogP contribution is -2.30. The summed E-state index contributed by atoms with van der Waals surface area (Å²) < 4.78 is 11.3. The molecule has 1 aromatic carbocycles. The number of ether oxygens (including phenoxy) is 2. The van der Waals surface area contributed by atoms with Crippen LogP contribution < -0.4 is 0 Å². The molecule has 0 atom stereocenters. The average molecular weight is 368 g/mol. The van der Waals surface area contributed by atoms with E-state index in [0.29, 0.717) is 24.2 Å². The molecule has 1 saturated heterocycles. The Labute approximate surface area is 160 Å². The van der Waals surface area contributed by atoms with E-state index in [9.17, 15) is 0 Å². The van der Waals surface area contributed by atoms with Crippen LogP contribution in [0.3, 0.4) is 0 Å². The first-order valence-corrected chi connectivity index (χ1v) is 9.26. The zero-order valence-electron chi connectivity index (χ0n) is 14.8. The molecule has 3 nitrogen and oxygen atoms in total. The summed E-state index contributed by atoms with van der Waals surface area (Å²) in [4.78, 5) is 4.46. The van der Waals surface area contributed by atoms with E-state index in [1.807, 2.05) is 36.4 Å². The molecule has 1 aliphatic rings. The minimum atomic E-state index is -0.471. The van der Waals surface area contributed by atoms with E-state index in [1.165, 1.54) is 0 Å². The quantitative estimate of drug-likeness (QED) is 0.556. The Balaban J connectivity index is 1.55. The van der Waals surface area contributed by atoms with Gasteiger partial charge in [-0.25, -0.2) is 0 Å². The average Bonchev–Trinajstić information content (AvgIpc) is 2.69. The van der Waals surface area contributed by atoms with Crippen LogP contribution in [0.15, 0.2) is 54.7 Å². The van der Waals surface area contributed by atoms with Crippen LogP contribution in [0.5, 0.6) is 0 Å². The first kappa shape index (κ1) is 18.7. The first-order valence-electron chi connectivity index (χ1n) is 8.88. The van der Waals surface area contributed by atoms with E-state index >= 15 is 0 Å². The van der Waals surface area contributed by atoms with E-state index in [1.54, 1.807) is 6.20 Å². The van der Waals surface area contributed by atoms with E-state index in [0.717, 1.165) is 29.7 Å². The first-order chi connectivity index (χ1) is 12.7. The van der Waals surface area contributed by atoms with Crippen LogP contribution in [0.1, 0.15) is 25.3 Å². The molecule has 1 aromatic heterocycles. The molecule has 1 aliphatic heterocycles. The molecule has 0 N–H and O–H groups in total. The lowest BCUT2D eigenvalue weighted by Gasteiger charge is -2.24. The van der Waals surface area contributed by atoms with Crippen molar-refractivity contribution in [2.45, 2.75) is 26.1 Å². The second-order valence-corrected chi connectivity index (χ2v) is 6.62. The lowest BCUT2D eigenvalue weighted by molar-refractivity contribution is -0.160. The molecule has 2 aromatic rings. The third-order valence-electron chi connectivity index (χ3n) is 4.02. The van der Waals surface area contributed by atoms with Crippen molar-refractivity contribution in [2.75, 3.05) is 13.2 Å². The number of aromatic nitrogens is 1. The van der Waals surface area contributed by atoms with Crippen LogP contribution in [0.25, 0.3) is 11.3 Å². The molecule has 26 heavy (non-hydrogen) atoms. The Morgan fingerprint density at radius 3 is 2.58 bits per heavy atom. The maximum Gasteiger partial charge on any atom is 0.222 e. The van der Waals surface area contributed by atoms with Crippen LogP contribution in [0.4, 0.5) is 0 Å². The maximum absolute atomic E-state index is 5.91. The van der Waals surface area contributed by atoms with Gasteiger partial charge in [0.1, 0.15) is 0 Å². The molecule has 0 radical (unpaired) electrons. The highest BCUT2D eigenvalue weighted by molar-refractivity contribution is 6.30. The minimum Gasteiger partial charge on any atom is -0.341 e. The Hall–Kier alpha value is -2.12. The molecule has 0 unspecified atom stereocenters. The van der Waals surface area contributed by atoms with Gasteiger partial charge in [-0.2, -0.15) is 0 Å². The van der Waals surface area contributed by atoms with E-state index in [-0.39, 0.29) is 0 Å². The number of unbranched alkanes of at least 4 members (excludes halogenated alkanes) is 1. The largest absolute Gasteiger partial charge is 0.341 e. The molecular formula is C22H22ClNO2. The number of allylic oxidation sites excluding steroid dienone is 1. The van der Waals surface area contributed by atoms with Gasteiger partial charge in [0.15, 0.2) is 0 Å². The molecular weight excluding hydrogens is 346 g/mol. The molecule has 2 heterocycles. The molecule has 0 bridgehead atoms. The standard InChI is InChI=1S/C22H22ClNO2/c1-2-3-4-5-18-15-25-22(26-16-18)13-7-17-6-12-21(24-14-17)19-8-10-20(23)11-9-19/h4-6,8-12,14,18,22H,2-3,15-16H2,1H3/b5-4+/t18-,22-. The molecule has 0 amide bonds. The van der Waals surface area contributed by atoms with Gasteiger partial charge < -0.3 is 9.47 Å². The molecule has 0 aliphatic carbocycles. The molecule has 0 saturated carbocycles. The van der Waals surface area contributed by atoms with Crippen molar-refractivity contribution in [3.63, 3.8) is 0 Å². The van der Waals surface area contributed by atoms with Gasteiger partial charge in [-0.15, -0.1) is 0 Å². The van der Waals surface area contributed by atoms with Gasteiger partial charge in [-0.1, -0.05) is 55.2 Å². The number of hydrogen-bond donors (Lipinski definition) is 0. The smallest absolute Gasteiger partial charge is 0.222 e. The van der Waals surface area contributed by atoms with Gasteiger partial charge in [-0.05, 0) is 36.6 Å². The van der Waals surface area contributed by atoms with Gasteiger partial charge in [-0.3, -0.25) is 4.98 Å². The highest BCUT2D eigenvalue weighted by Crippen LogP contribution is 2.19. The fourth-order valence-corrected chi connectivity index (χ4v) is 2.70. The summed E-state index contributed by atoms with van der Waals surface area (Å²) in [7, 11) is 0. The summed E-state index contributed by atoms with van der Waals surface area (Å²) in [6.07, 6.45) is 7.91. The Morgan fingerprint density at radius 1 is 1.15 bits per heavy atom. The maximum atomic E-state index is 5.91. The van der Waals surface area contributed by atoms with Gasteiger partial charge in [0.25, 0.3) is 0 Å². The summed E-state index contributed by atoms with van der Waals surface area (Å²) in [5.74, 6) is 6.40. The van der Waals surface area contributed by atoms with E-state index in [4.69, 9.17) is 21.1 Å². The molecule has 1 fully saturated rings. The van der Waals surface area contributed by atoms with Crippen LogP contribution in [0.2, 0.25) is 5.02 Å². The fourth-order valence-electron chi connectivity index (χ4n) is 2.57. The van der Waals surface area contributed by atoms with Crippen molar-refractivity contribution in [2.24, 2.45) is 5.92 Å². The summed E-state index contributed by atoms with van der Waals surface area (Å²) in [6, 6.07) is 11.5. The van der Waals surface area contributed by atoms with Crippen molar-refractivity contribution in [1.82, 2.24) is 4.98 Å². The van der Waals surface area contributed by atoms with Crippen LogP contribution in [0, 0.1) is 17.8 Å². The molecule has 0 spiro atoms. The summed E-state index contributed by atoms with van der Waals surface area (Å²) >= 11 is 5.91. The molecule has 4 heteroatoms. The third-order valence-corrected chi connectivity index (χ3v) is 4.28. The van der Waals surface area contributed by atoms with Gasteiger partial charge in [0.05, 0.1) is 18.9 Å². The number of halogens is 1. The monoisotopic (exact) mass is 367 g/mol. The van der Waals surface area contributed by atoms with Gasteiger partial charge in [0.2, 0.25) is 6.29 Å². The normalized spacial score (nSPS) is 19.9. The lowest BCUT2D eigenvalue weighted by atomic mass is 10.1. The van der Waals surface area contributed by atoms with Crippen molar-refractivity contribution in [1.29, 1.82) is 0 Å². The van der Waals surface area contributed by atoms with Gasteiger partial charge >= 0.3 is 0 Å². The van der Waals surface area contributed by atoms with Crippen LogP contribution in [-0.2, 0) is 9.47 Å². The summed E-state index contributed by atoms with van der Waals surface area (Å²) in [5, 5.41) is 0.715. The number of hydrogen-bond acceptors (Lipinski definition) is 3. The second kappa shape index (κ2) is 9.54. The van der Waals surface area contributed by atoms with E-state index < -0.39 is 6.29 Å². The molecule has 134 valence electrons. The Morgan fingerprint density at radius 2 is 1.92 bits per heavy atom. The fraction of sp³-hybridized carbons (Fsp3) is 0.318. The van der Waals surface area contributed by atoms with Crippen LogP contribution >= 0.6 is 11.6 Å². The van der Waals surface area contributed by atoms with Crippen molar-refractivity contribution >= 4 is 11.6 Å². The third kappa shape index (κ3) is 5.44. The topological polar surface area (TPSA) is 31.4 Å². The number of benzene rings is 1. The number of pyridine rings is 1. The van der Waals surface area contributed by atoms with Crippen molar-refractivity contribution in [3.8, 4) is 23.1 Å². The van der Waals surface area contributed by atoms with Crippen molar-refractivity contribution in [3.05, 3.63) is 65.3 Å². The van der Waals surface area contributed by atoms with E-state index in [2.05, 4.69) is 35.9 Å². The molecule has 3 rings (SSSR count). The van der Waals surface area contributed by atoms with Crippen molar-refractivity contribution < 1.29 is 9.47 Å². The SMILES string of the molecule is CCC/C=C/[C@H]1CO[C@H](C#Cc2ccc(-c3ccc(Cl)cc3)nc2)OC1. The number of rotatable bonds is 4. The Bertz CT molecular complexity index is 780. The summed E-state index contributed by atoms with van der Waals surface area (Å²) in [5.41, 5.74) is 2.74. The Kier molecular flexibility index (Phi) is 6.85. The van der Waals surface area contributed by atoms with Gasteiger partial charge in [0, 0.05) is 28.3 Å². The second-order valence-electron chi connectivity index (χ2n) is 6.18. The van der Waals surface area contributed by atoms with Crippen LogP contribution in [-0.4, -0.2) is 24.5 Å². The predicted octanol–water partition coefficient (Wildman–Crippen LogP) is 5.10. The zero-order valence-corrected chi connectivity index (χ0v) is 15.6. The highest BCUT2D eigenvalue weighted by Gasteiger charge is 2.18.